The highest BCUT2D eigenvalue weighted by atomic mass is 32.2. The van der Waals surface area contributed by atoms with Crippen LogP contribution in [0.3, 0.4) is 0 Å². The number of sulfonamides is 1. The van der Waals surface area contributed by atoms with Gasteiger partial charge in [0.05, 0.1) is 31.1 Å². The Morgan fingerprint density at radius 1 is 1.14 bits per heavy atom. The lowest BCUT2D eigenvalue weighted by Crippen LogP contribution is -2.48. The topological polar surface area (TPSA) is 123 Å². The Morgan fingerprint density at radius 3 is 2.70 bits per heavy atom. The van der Waals surface area contributed by atoms with Crippen LogP contribution in [-0.4, -0.2) is 57.5 Å². The van der Waals surface area contributed by atoms with E-state index in [0.717, 1.165) is 31.2 Å². The zero-order chi connectivity index (χ0) is 26.0. The van der Waals surface area contributed by atoms with Crippen LogP contribution in [0.5, 0.6) is 11.5 Å². The molecule has 0 radical (unpaired) electrons. The third-order valence-corrected chi connectivity index (χ3v) is 8.87. The van der Waals surface area contributed by atoms with E-state index in [1.165, 1.54) is 25.7 Å². The monoisotopic (exact) mass is 530 g/mol. The molecular formula is C27H34N2O7S. The second-order valence-electron chi connectivity index (χ2n) is 10.0. The van der Waals surface area contributed by atoms with Crippen molar-refractivity contribution < 1.29 is 32.5 Å². The van der Waals surface area contributed by atoms with E-state index >= 15 is 0 Å². The summed E-state index contributed by atoms with van der Waals surface area (Å²) in [6, 6.07) is 11.6. The summed E-state index contributed by atoms with van der Waals surface area (Å²) in [5.41, 5.74) is 1.25. The van der Waals surface area contributed by atoms with Crippen molar-refractivity contribution in [2.75, 3.05) is 18.4 Å². The average molecular weight is 531 g/mol. The van der Waals surface area contributed by atoms with Gasteiger partial charge in [-0.1, -0.05) is 25.3 Å². The van der Waals surface area contributed by atoms with Crippen molar-refractivity contribution in [1.29, 1.82) is 0 Å². The van der Waals surface area contributed by atoms with E-state index in [2.05, 4.69) is 10.0 Å². The number of ether oxygens (including phenoxy) is 3. The van der Waals surface area contributed by atoms with Gasteiger partial charge in [0.2, 0.25) is 5.91 Å². The summed E-state index contributed by atoms with van der Waals surface area (Å²) < 4.78 is 46.0. The van der Waals surface area contributed by atoms with Crippen molar-refractivity contribution >= 4 is 21.6 Å². The van der Waals surface area contributed by atoms with Crippen LogP contribution in [0.4, 0.5) is 5.69 Å². The minimum atomic E-state index is -3.84. The van der Waals surface area contributed by atoms with Gasteiger partial charge in [-0.05, 0) is 49.6 Å². The molecule has 0 bridgehead atoms. The number of anilines is 1. The summed E-state index contributed by atoms with van der Waals surface area (Å²) in [6.07, 6.45) is 4.93. The summed E-state index contributed by atoms with van der Waals surface area (Å²) in [6.45, 7) is -0.231. The third kappa shape index (κ3) is 5.71. The van der Waals surface area contributed by atoms with Crippen molar-refractivity contribution in [3.05, 3.63) is 48.0 Å². The highest BCUT2D eigenvalue weighted by molar-refractivity contribution is 7.92. The first-order valence-electron chi connectivity index (χ1n) is 12.9. The summed E-state index contributed by atoms with van der Waals surface area (Å²) in [4.78, 5) is 12.8. The van der Waals surface area contributed by atoms with Crippen LogP contribution in [-0.2, 0) is 19.6 Å². The first kappa shape index (κ1) is 25.8. The van der Waals surface area contributed by atoms with E-state index in [4.69, 9.17) is 14.2 Å². The first-order valence-corrected chi connectivity index (χ1v) is 14.4. The molecule has 1 saturated carbocycles. The van der Waals surface area contributed by atoms with Gasteiger partial charge in [0.1, 0.15) is 23.7 Å². The molecule has 10 heteroatoms. The standard InChI is InChI=1S/C27H34N2O7S/c1-34-19-8-5-9-21(13-19)37(32,33)29-18-10-11-24-22(12-18)23-14-20(35-25(16-30)27(23)36-24)15-26(31)28-17-6-3-2-4-7-17/h5,8-13,17,20,23,25,27,29-30H,2-4,6-7,14-16H2,1H3,(H,28,31)/t20-,23-,25-,27+/m1/s1. The lowest BCUT2D eigenvalue weighted by molar-refractivity contribution is -0.142. The minimum Gasteiger partial charge on any atom is -0.497 e. The van der Waals surface area contributed by atoms with Crippen LogP contribution in [0.2, 0.25) is 0 Å². The molecule has 0 unspecified atom stereocenters. The SMILES string of the molecule is COc1cccc(S(=O)(=O)Nc2ccc3c(c2)[C@H]2C[C@H](CC(=O)NC4CCCCC4)O[C@H](CO)[C@H]2O3)c1. The zero-order valence-electron chi connectivity index (χ0n) is 20.9. The van der Waals surface area contributed by atoms with E-state index in [1.54, 1.807) is 30.3 Å². The molecule has 5 rings (SSSR count). The van der Waals surface area contributed by atoms with Gasteiger partial charge in [0.15, 0.2) is 0 Å². The van der Waals surface area contributed by atoms with E-state index in [1.807, 2.05) is 0 Å². The van der Waals surface area contributed by atoms with Gasteiger partial charge >= 0.3 is 0 Å². The Labute approximate surface area is 217 Å². The average Bonchev–Trinajstić information content (AvgIpc) is 3.26. The van der Waals surface area contributed by atoms with Gasteiger partial charge in [-0.3, -0.25) is 9.52 Å². The molecule has 2 heterocycles. The Morgan fingerprint density at radius 2 is 1.95 bits per heavy atom. The summed E-state index contributed by atoms with van der Waals surface area (Å²) in [7, 11) is -2.35. The number of carbonyl (C=O) groups excluding carboxylic acids is 1. The molecule has 3 N–H and O–H groups in total. The lowest BCUT2D eigenvalue weighted by atomic mass is 9.84. The van der Waals surface area contributed by atoms with Gasteiger partial charge in [-0.15, -0.1) is 0 Å². The number of methoxy groups -OCH3 is 1. The van der Waals surface area contributed by atoms with E-state index in [9.17, 15) is 18.3 Å². The first-order chi connectivity index (χ1) is 17.9. The maximum absolute atomic E-state index is 13.0. The van der Waals surface area contributed by atoms with Crippen molar-refractivity contribution in [2.24, 2.45) is 0 Å². The maximum Gasteiger partial charge on any atom is 0.262 e. The van der Waals surface area contributed by atoms with Crippen LogP contribution in [0, 0.1) is 0 Å². The number of fused-ring (bicyclic) bond motifs is 3. The van der Waals surface area contributed by atoms with Crippen LogP contribution in [0.1, 0.15) is 56.4 Å². The Balaban J connectivity index is 1.31. The Hall–Kier alpha value is -2.82. The number of rotatable bonds is 8. The normalized spacial score (nSPS) is 25.5. The number of nitrogens with one attached hydrogen (secondary N) is 2. The molecule has 1 amide bonds. The molecule has 200 valence electrons. The highest BCUT2D eigenvalue weighted by Gasteiger charge is 2.46. The number of benzene rings is 2. The van der Waals surface area contributed by atoms with Crippen LogP contribution >= 0.6 is 0 Å². The Bertz CT molecular complexity index is 1230. The minimum absolute atomic E-state index is 0.0361. The largest absolute Gasteiger partial charge is 0.497 e. The van der Waals surface area contributed by atoms with Crippen molar-refractivity contribution in [1.82, 2.24) is 5.32 Å². The molecule has 1 saturated heterocycles. The second kappa shape index (κ2) is 10.9. The van der Waals surface area contributed by atoms with Crippen molar-refractivity contribution in [2.45, 2.75) is 80.1 Å². The molecule has 4 atom stereocenters. The quantitative estimate of drug-likeness (QED) is 0.478. The molecule has 0 spiro atoms. The molecule has 2 aromatic rings. The predicted octanol–water partition coefficient (Wildman–Crippen LogP) is 3.33. The molecule has 2 aliphatic heterocycles. The van der Waals surface area contributed by atoms with Crippen LogP contribution < -0.4 is 19.5 Å². The molecular weight excluding hydrogens is 496 g/mol. The molecule has 3 aliphatic rings. The number of aliphatic hydroxyl groups is 1. The highest BCUT2D eigenvalue weighted by Crippen LogP contribution is 2.47. The Kier molecular flexibility index (Phi) is 7.60. The maximum atomic E-state index is 13.0. The van der Waals surface area contributed by atoms with Crippen LogP contribution in [0.25, 0.3) is 0 Å². The van der Waals surface area contributed by atoms with Crippen molar-refractivity contribution in [3.63, 3.8) is 0 Å². The number of hydrogen-bond acceptors (Lipinski definition) is 7. The molecule has 9 nitrogen and oxygen atoms in total. The van der Waals surface area contributed by atoms with Gasteiger partial charge in [-0.25, -0.2) is 8.42 Å². The van der Waals surface area contributed by atoms with Gasteiger partial charge in [-0.2, -0.15) is 0 Å². The van der Waals surface area contributed by atoms with Crippen molar-refractivity contribution in [3.8, 4) is 11.5 Å². The molecule has 2 aromatic carbocycles. The van der Waals surface area contributed by atoms with E-state index in [-0.39, 0.29) is 41.9 Å². The predicted molar refractivity (Wildman–Crippen MR) is 137 cm³/mol. The van der Waals surface area contributed by atoms with Gasteiger partial charge in [0.25, 0.3) is 10.0 Å². The number of carbonyl (C=O) groups is 1. The molecule has 1 aliphatic carbocycles. The fourth-order valence-corrected chi connectivity index (χ4v) is 6.76. The fourth-order valence-electron chi connectivity index (χ4n) is 5.68. The third-order valence-electron chi connectivity index (χ3n) is 7.49. The summed E-state index contributed by atoms with van der Waals surface area (Å²) in [5.74, 6) is 0.915. The van der Waals surface area contributed by atoms with Gasteiger partial charge < -0.3 is 24.6 Å². The second-order valence-corrected chi connectivity index (χ2v) is 11.7. The number of hydrogen-bond donors (Lipinski definition) is 3. The summed E-state index contributed by atoms with van der Waals surface area (Å²) >= 11 is 0. The molecule has 37 heavy (non-hydrogen) atoms. The number of aliphatic hydroxyl groups excluding tert-OH is 1. The van der Waals surface area contributed by atoms with E-state index in [0.29, 0.717) is 23.6 Å². The van der Waals surface area contributed by atoms with Crippen LogP contribution in [0.15, 0.2) is 47.4 Å². The van der Waals surface area contributed by atoms with E-state index < -0.39 is 22.2 Å². The fraction of sp³-hybridized carbons (Fsp3) is 0.519. The lowest BCUT2D eigenvalue weighted by Gasteiger charge is -2.37. The smallest absolute Gasteiger partial charge is 0.262 e. The summed E-state index contributed by atoms with van der Waals surface area (Å²) in [5, 5.41) is 13.1. The van der Waals surface area contributed by atoms with Gasteiger partial charge in [0, 0.05) is 29.3 Å². The number of amides is 1. The molecule has 2 fully saturated rings. The zero-order valence-corrected chi connectivity index (χ0v) is 21.7. The molecule has 0 aromatic heterocycles.